The summed E-state index contributed by atoms with van der Waals surface area (Å²) in [6.07, 6.45) is 1.81. The molecule has 0 aliphatic rings. The van der Waals surface area contributed by atoms with Crippen LogP contribution in [0.2, 0.25) is 0 Å². The summed E-state index contributed by atoms with van der Waals surface area (Å²) >= 11 is 5.98. The molecule has 20 heavy (non-hydrogen) atoms. The lowest BCUT2D eigenvalue weighted by molar-refractivity contribution is 0.111. The van der Waals surface area contributed by atoms with Gasteiger partial charge in [0.25, 0.3) is 0 Å². The Balaban J connectivity index is 2.07. The van der Waals surface area contributed by atoms with E-state index in [1.165, 1.54) is 0 Å². The predicted octanol–water partition coefficient (Wildman–Crippen LogP) is 2.06. The van der Waals surface area contributed by atoms with Crippen LogP contribution in [0, 0.1) is 6.92 Å². The van der Waals surface area contributed by atoms with Gasteiger partial charge in [0.1, 0.15) is 11.3 Å². The number of rotatable bonds is 7. The molecule has 0 aliphatic carbocycles. The fourth-order valence-corrected chi connectivity index (χ4v) is 2.23. The molecule has 0 radical (unpaired) electrons. The molecule has 2 heterocycles. The second-order valence-electron chi connectivity index (χ2n) is 5.03. The summed E-state index contributed by atoms with van der Waals surface area (Å²) in [5.41, 5.74) is 2.93. The SMILES string of the molecule is Cc1ccnc2c1nc(CCl)n2CCOCCN(C)C. The Bertz CT molecular complexity index is 568. The Morgan fingerprint density at radius 3 is 2.85 bits per heavy atom. The molecule has 0 aromatic carbocycles. The van der Waals surface area contributed by atoms with Crippen molar-refractivity contribution < 1.29 is 4.74 Å². The highest BCUT2D eigenvalue weighted by Crippen LogP contribution is 2.18. The number of likely N-dealkylation sites (N-methyl/N-ethyl adjacent to an activating group) is 1. The molecule has 0 unspecified atom stereocenters. The summed E-state index contributed by atoms with van der Waals surface area (Å²) in [6.45, 7) is 5.04. The summed E-state index contributed by atoms with van der Waals surface area (Å²) in [5, 5.41) is 0. The minimum Gasteiger partial charge on any atom is -0.378 e. The number of pyridine rings is 1. The first-order chi connectivity index (χ1) is 9.63. The number of hydrogen-bond acceptors (Lipinski definition) is 4. The molecule has 0 saturated carbocycles. The normalized spacial score (nSPS) is 11.7. The lowest BCUT2D eigenvalue weighted by atomic mass is 10.3. The third-order valence-corrected chi connectivity index (χ3v) is 3.42. The van der Waals surface area contributed by atoms with E-state index in [0.29, 0.717) is 12.5 Å². The second-order valence-corrected chi connectivity index (χ2v) is 5.30. The Hall–Kier alpha value is -1.17. The van der Waals surface area contributed by atoms with E-state index in [9.17, 15) is 0 Å². The molecule has 0 fully saturated rings. The van der Waals surface area contributed by atoms with Crippen molar-refractivity contribution >= 4 is 22.8 Å². The van der Waals surface area contributed by atoms with Crippen LogP contribution in [-0.4, -0.2) is 53.3 Å². The molecule has 2 aromatic rings. The first-order valence-electron chi connectivity index (χ1n) is 6.72. The van der Waals surface area contributed by atoms with E-state index in [-0.39, 0.29) is 0 Å². The molecule has 0 spiro atoms. The van der Waals surface area contributed by atoms with Gasteiger partial charge in [-0.1, -0.05) is 0 Å². The van der Waals surface area contributed by atoms with Gasteiger partial charge < -0.3 is 14.2 Å². The third-order valence-electron chi connectivity index (χ3n) is 3.18. The monoisotopic (exact) mass is 296 g/mol. The third kappa shape index (κ3) is 3.48. The minimum absolute atomic E-state index is 0.382. The van der Waals surface area contributed by atoms with Crippen molar-refractivity contribution in [2.24, 2.45) is 0 Å². The van der Waals surface area contributed by atoms with Crippen molar-refractivity contribution in [1.29, 1.82) is 0 Å². The topological polar surface area (TPSA) is 43.2 Å². The molecule has 110 valence electrons. The van der Waals surface area contributed by atoms with Gasteiger partial charge in [0, 0.05) is 19.3 Å². The molecular weight excluding hydrogens is 276 g/mol. The highest BCUT2D eigenvalue weighted by Gasteiger charge is 2.12. The van der Waals surface area contributed by atoms with E-state index in [1.807, 2.05) is 31.7 Å². The standard InChI is InChI=1S/C14H21ClN4O/c1-11-4-5-16-14-13(11)17-12(10-15)19(14)7-9-20-8-6-18(2)3/h4-5H,6-10H2,1-3H3. The molecule has 6 heteroatoms. The minimum atomic E-state index is 0.382. The molecule has 0 amide bonds. The van der Waals surface area contributed by atoms with Crippen LogP contribution in [0.3, 0.4) is 0 Å². The largest absolute Gasteiger partial charge is 0.378 e. The van der Waals surface area contributed by atoms with Crippen molar-refractivity contribution in [3.63, 3.8) is 0 Å². The lowest BCUT2D eigenvalue weighted by Gasteiger charge is -2.11. The maximum Gasteiger partial charge on any atom is 0.160 e. The van der Waals surface area contributed by atoms with Gasteiger partial charge in [-0.05, 0) is 32.6 Å². The zero-order valence-electron chi connectivity index (χ0n) is 12.3. The number of nitrogens with zero attached hydrogens (tertiary/aromatic N) is 4. The van der Waals surface area contributed by atoms with Crippen molar-refractivity contribution in [2.45, 2.75) is 19.3 Å². The number of hydrogen-bond donors (Lipinski definition) is 0. The lowest BCUT2D eigenvalue weighted by Crippen LogP contribution is -2.19. The van der Waals surface area contributed by atoms with E-state index in [1.54, 1.807) is 6.20 Å². The van der Waals surface area contributed by atoms with Crippen LogP contribution in [0.1, 0.15) is 11.4 Å². The smallest absolute Gasteiger partial charge is 0.160 e. The van der Waals surface area contributed by atoms with Crippen LogP contribution >= 0.6 is 11.6 Å². The second kappa shape index (κ2) is 7.02. The zero-order valence-corrected chi connectivity index (χ0v) is 13.0. The number of aromatic nitrogens is 3. The summed E-state index contributed by atoms with van der Waals surface area (Å²) in [6, 6.07) is 1.96. The highest BCUT2D eigenvalue weighted by atomic mass is 35.5. The molecule has 0 N–H and O–H groups in total. The van der Waals surface area contributed by atoms with Crippen LogP contribution < -0.4 is 0 Å². The Morgan fingerprint density at radius 2 is 2.15 bits per heavy atom. The summed E-state index contributed by atoms with van der Waals surface area (Å²) < 4.78 is 7.68. The van der Waals surface area contributed by atoms with Gasteiger partial charge >= 0.3 is 0 Å². The predicted molar refractivity (Wildman–Crippen MR) is 81.2 cm³/mol. The van der Waals surface area contributed by atoms with E-state index in [0.717, 1.165) is 42.2 Å². The highest BCUT2D eigenvalue weighted by molar-refractivity contribution is 6.16. The van der Waals surface area contributed by atoms with Crippen molar-refractivity contribution in [3.8, 4) is 0 Å². The summed E-state index contributed by atoms with van der Waals surface area (Å²) in [4.78, 5) is 11.1. The van der Waals surface area contributed by atoms with Gasteiger partial charge in [-0.25, -0.2) is 9.97 Å². The van der Waals surface area contributed by atoms with E-state index in [2.05, 4.69) is 14.9 Å². The number of alkyl halides is 1. The van der Waals surface area contributed by atoms with Crippen LogP contribution in [0.5, 0.6) is 0 Å². The van der Waals surface area contributed by atoms with Crippen molar-refractivity contribution in [3.05, 3.63) is 23.7 Å². The number of aryl methyl sites for hydroxylation is 1. The van der Waals surface area contributed by atoms with E-state index < -0.39 is 0 Å². The Morgan fingerprint density at radius 1 is 1.35 bits per heavy atom. The van der Waals surface area contributed by atoms with Gasteiger partial charge in [-0.3, -0.25) is 0 Å². The number of ether oxygens (including phenoxy) is 1. The average Bonchev–Trinajstić information content (AvgIpc) is 2.78. The number of imidazole rings is 1. The maximum atomic E-state index is 5.98. The molecule has 2 rings (SSSR count). The van der Waals surface area contributed by atoms with Crippen LogP contribution in [0.15, 0.2) is 12.3 Å². The summed E-state index contributed by atoms with van der Waals surface area (Å²) in [7, 11) is 4.07. The fraction of sp³-hybridized carbons (Fsp3) is 0.571. The van der Waals surface area contributed by atoms with Gasteiger partial charge in [-0.2, -0.15) is 0 Å². The first kappa shape index (κ1) is 15.2. The maximum absolute atomic E-state index is 5.98. The van der Waals surface area contributed by atoms with Gasteiger partial charge in [0.2, 0.25) is 0 Å². The van der Waals surface area contributed by atoms with Gasteiger partial charge in [-0.15, -0.1) is 11.6 Å². The van der Waals surface area contributed by atoms with Gasteiger partial charge in [0.15, 0.2) is 5.65 Å². The quantitative estimate of drug-likeness (QED) is 0.579. The molecule has 2 aromatic heterocycles. The molecule has 5 nitrogen and oxygen atoms in total. The Labute approximate surface area is 124 Å². The molecular formula is C14H21ClN4O. The zero-order chi connectivity index (χ0) is 14.5. The van der Waals surface area contributed by atoms with Crippen molar-refractivity contribution in [2.75, 3.05) is 33.9 Å². The fourth-order valence-electron chi connectivity index (χ4n) is 2.03. The van der Waals surface area contributed by atoms with Crippen LogP contribution in [0.4, 0.5) is 0 Å². The first-order valence-corrected chi connectivity index (χ1v) is 7.26. The summed E-state index contributed by atoms with van der Waals surface area (Å²) in [5.74, 6) is 1.23. The Kier molecular flexibility index (Phi) is 5.34. The molecule has 0 saturated heterocycles. The van der Waals surface area contributed by atoms with Crippen LogP contribution in [0.25, 0.3) is 11.2 Å². The van der Waals surface area contributed by atoms with Crippen molar-refractivity contribution in [1.82, 2.24) is 19.4 Å². The molecule has 0 atom stereocenters. The average molecular weight is 297 g/mol. The number of halogens is 1. The molecule has 0 bridgehead atoms. The van der Waals surface area contributed by atoms with E-state index >= 15 is 0 Å². The van der Waals surface area contributed by atoms with Crippen LogP contribution in [-0.2, 0) is 17.2 Å². The molecule has 0 aliphatic heterocycles. The van der Waals surface area contributed by atoms with Gasteiger partial charge in [0.05, 0.1) is 19.1 Å². The van der Waals surface area contributed by atoms with E-state index in [4.69, 9.17) is 16.3 Å². The number of fused-ring (bicyclic) bond motifs is 1.